The van der Waals surface area contributed by atoms with Crippen LogP contribution in [0.5, 0.6) is 0 Å². The van der Waals surface area contributed by atoms with Crippen LogP contribution < -0.4 is 5.32 Å². The highest BCUT2D eigenvalue weighted by molar-refractivity contribution is 7.89. The van der Waals surface area contributed by atoms with E-state index in [-0.39, 0.29) is 36.0 Å². The number of aliphatic carboxylic acids is 1. The van der Waals surface area contributed by atoms with Crippen LogP contribution in [0.2, 0.25) is 0 Å². The van der Waals surface area contributed by atoms with E-state index in [1.807, 2.05) is 13.8 Å². The number of carbonyl (C=O) groups is 1. The zero-order valence-corrected chi connectivity index (χ0v) is 16.1. The maximum atomic E-state index is 12.5. The van der Waals surface area contributed by atoms with Crippen LogP contribution in [0.3, 0.4) is 0 Å². The fourth-order valence-corrected chi connectivity index (χ4v) is 4.02. The summed E-state index contributed by atoms with van der Waals surface area (Å²) in [6.07, 6.45) is 0.270. The molecule has 0 aliphatic rings. The molecule has 0 heterocycles. The number of anilines is 1. The Morgan fingerprint density at radius 2 is 1.88 bits per heavy atom. The quantitative estimate of drug-likeness (QED) is 0.466. The molecule has 1 aromatic carbocycles. The summed E-state index contributed by atoms with van der Waals surface area (Å²) in [5.74, 6) is -1.07. The lowest BCUT2D eigenvalue weighted by Gasteiger charge is -2.20. The van der Waals surface area contributed by atoms with E-state index < -0.39 is 32.6 Å². The SMILES string of the molecule is CCN(CC)S(=O)(=O)c1ccc(N[C@H](CC(C)C)C(=O)O)c([N+](=O)[O-])c1. The van der Waals surface area contributed by atoms with Crippen molar-refractivity contribution in [3.8, 4) is 0 Å². The van der Waals surface area contributed by atoms with Gasteiger partial charge >= 0.3 is 5.97 Å². The number of hydrogen-bond donors (Lipinski definition) is 2. The van der Waals surface area contributed by atoms with Crippen molar-refractivity contribution in [2.24, 2.45) is 5.92 Å². The van der Waals surface area contributed by atoms with Crippen molar-refractivity contribution in [2.75, 3.05) is 18.4 Å². The Labute approximate surface area is 153 Å². The highest BCUT2D eigenvalue weighted by Crippen LogP contribution is 2.30. The number of hydrogen-bond acceptors (Lipinski definition) is 6. The molecule has 0 aliphatic carbocycles. The summed E-state index contributed by atoms with van der Waals surface area (Å²) in [5, 5.41) is 23.3. The summed E-state index contributed by atoms with van der Waals surface area (Å²) in [6, 6.07) is 2.44. The molecule has 1 rings (SSSR count). The third kappa shape index (κ3) is 5.15. The Morgan fingerprint density at radius 3 is 2.31 bits per heavy atom. The molecule has 10 heteroatoms. The second kappa shape index (κ2) is 8.95. The van der Waals surface area contributed by atoms with Gasteiger partial charge in [0.05, 0.1) is 9.82 Å². The number of nitrogens with one attached hydrogen (secondary N) is 1. The predicted molar refractivity (Wildman–Crippen MR) is 97.7 cm³/mol. The first-order chi connectivity index (χ1) is 12.0. The van der Waals surface area contributed by atoms with E-state index in [2.05, 4.69) is 5.32 Å². The fourth-order valence-electron chi connectivity index (χ4n) is 2.54. The topological polar surface area (TPSA) is 130 Å². The summed E-state index contributed by atoms with van der Waals surface area (Å²) in [5.41, 5.74) is -0.505. The fraction of sp³-hybridized carbons (Fsp3) is 0.562. The second-order valence-corrected chi connectivity index (χ2v) is 8.13. The lowest BCUT2D eigenvalue weighted by Crippen LogP contribution is -2.31. The van der Waals surface area contributed by atoms with Crippen molar-refractivity contribution < 1.29 is 23.2 Å². The standard InChI is InChI=1S/C16H25N3O6S/c1-5-18(6-2)26(24,25)12-7-8-13(15(10-12)19(22)23)17-14(16(20)21)9-11(3)4/h7-8,10-11,14,17H,5-6,9H2,1-4H3,(H,20,21)/t14-/m1/s1. The Bertz CT molecular complexity index is 759. The predicted octanol–water partition coefficient (Wildman–Crippen LogP) is 2.54. The van der Waals surface area contributed by atoms with Gasteiger partial charge in [-0.1, -0.05) is 27.7 Å². The highest BCUT2D eigenvalue weighted by atomic mass is 32.2. The number of carboxylic acid groups (broad SMARTS) is 1. The van der Waals surface area contributed by atoms with E-state index in [4.69, 9.17) is 0 Å². The van der Waals surface area contributed by atoms with E-state index in [9.17, 15) is 28.4 Å². The number of nitrogens with zero attached hydrogens (tertiary/aromatic N) is 2. The van der Waals surface area contributed by atoms with E-state index in [1.165, 1.54) is 16.4 Å². The van der Waals surface area contributed by atoms with Gasteiger partial charge in [0.25, 0.3) is 5.69 Å². The Balaban J connectivity index is 3.33. The maximum absolute atomic E-state index is 12.5. The van der Waals surface area contributed by atoms with Crippen LogP contribution in [0.4, 0.5) is 11.4 Å². The van der Waals surface area contributed by atoms with Crippen LogP contribution in [0, 0.1) is 16.0 Å². The normalized spacial score (nSPS) is 13.0. The van der Waals surface area contributed by atoms with E-state index >= 15 is 0 Å². The molecule has 0 radical (unpaired) electrons. The second-order valence-electron chi connectivity index (χ2n) is 6.19. The molecule has 0 saturated carbocycles. The molecule has 2 N–H and O–H groups in total. The van der Waals surface area contributed by atoms with E-state index in [0.717, 1.165) is 6.07 Å². The first-order valence-corrected chi connectivity index (χ1v) is 9.76. The third-order valence-corrected chi connectivity index (χ3v) is 5.89. The number of nitro groups is 1. The highest BCUT2D eigenvalue weighted by Gasteiger charge is 2.27. The average Bonchev–Trinajstić information content (AvgIpc) is 2.54. The van der Waals surface area contributed by atoms with Crippen molar-refractivity contribution in [1.29, 1.82) is 0 Å². The monoisotopic (exact) mass is 387 g/mol. The lowest BCUT2D eigenvalue weighted by molar-refractivity contribution is -0.384. The molecule has 9 nitrogen and oxygen atoms in total. The average molecular weight is 387 g/mol. The Hall–Kier alpha value is -2.20. The molecule has 0 bridgehead atoms. The van der Waals surface area contributed by atoms with Crippen molar-refractivity contribution in [1.82, 2.24) is 4.31 Å². The van der Waals surface area contributed by atoms with Crippen LogP contribution in [-0.4, -0.2) is 47.9 Å². The summed E-state index contributed by atoms with van der Waals surface area (Å²) >= 11 is 0. The molecule has 0 aliphatic heterocycles. The Morgan fingerprint density at radius 1 is 1.31 bits per heavy atom. The molecule has 146 valence electrons. The summed E-state index contributed by atoms with van der Waals surface area (Å²) in [6.45, 7) is 7.51. The zero-order chi connectivity index (χ0) is 20.1. The van der Waals surface area contributed by atoms with E-state index in [1.54, 1.807) is 13.8 Å². The molecule has 1 atom stereocenters. The maximum Gasteiger partial charge on any atom is 0.326 e. The molecule has 0 aromatic heterocycles. The molecular weight excluding hydrogens is 362 g/mol. The molecule has 0 amide bonds. The van der Waals surface area contributed by atoms with Crippen LogP contribution >= 0.6 is 0 Å². The number of sulfonamides is 1. The van der Waals surface area contributed by atoms with Gasteiger partial charge in [0.15, 0.2) is 0 Å². The van der Waals surface area contributed by atoms with Gasteiger partial charge in [0.1, 0.15) is 11.7 Å². The number of carboxylic acids is 1. The molecule has 0 unspecified atom stereocenters. The van der Waals surface area contributed by atoms with Crippen LogP contribution in [0.15, 0.2) is 23.1 Å². The minimum Gasteiger partial charge on any atom is -0.480 e. The molecule has 0 saturated heterocycles. The van der Waals surface area contributed by atoms with Crippen LogP contribution in [0.1, 0.15) is 34.1 Å². The first-order valence-electron chi connectivity index (χ1n) is 8.32. The minimum atomic E-state index is -3.85. The molecule has 1 aromatic rings. The van der Waals surface area contributed by atoms with Gasteiger partial charge in [0.2, 0.25) is 10.0 Å². The Kier molecular flexibility index (Phi) is 7.52. The third-order valence-electron chi connectivity index (χ3n) is 3.84. The van der Waals surface area contributed by atoms with Gasteiger partial charge in [-0.15, -0.1) is 0 Å². The van der Waals surface area contributed by atoms with Gasteiger partial charge in [0, 0.05) is 19.2 Å². The molecule has 0 spiro atoms. The van der Waals surface area contributed by atoms with Gasteiger partial charge in [-0.3, -0.25) is 10.1 Å². The summed E-state index contributed by atoms with van der Waals surface area (Å²) in [4.78, 5) is 21.8. The van der Waals surface area contributed by atoms with E-state index in [0.29, 0.717) is 0 Å². The van der Waals surface area contributed by atoms with Crippen LogP contribution in [0.25, 0.3) is 0 Å². The summed E-state index contributed by atoms with van der Waals surface area (Å²) < 4.78 is 26.3. The zero-order valence-electron chi connectivity index (χ0n) is 15.3. The molecule has 26 heavy (non-hydrogen) atoms. The van der Waals surface area contributed by atoms with Gasteiger partial charge in [-0.25, -0.2) is 13.2 Å². The van der Waals surface area contributed by atoms with Crippen molar-refractivity contribution in [2.45, 2.75) is 45.1 Å². The smallest absolute Gasteiger partial charge is 0.326 e. The van der Waals surface area contributed by atoms with Gasteiger partial charge in [-0.2, -0.15) is 4.31 Å². The van der Waals surface area contributed by atoms with Crippen molar-refractivity contribution in [3.63, 3.8) is 0 Å². The lowest BCUT2D eigenvalue weighted by atomic mass is 10.0. The largest absolute Gasteiger partial charge is 0.480 e. The molecule has 0 fully saturated rings. The minimum absolute atomic E-state index is 0.0263. The van der Waals surface area contributed by atoms with Gasteiger partial charge < -0.3 is 10.4 Å². The number of benzene rings is 1. The van der Waals surface area contributed by atoms with Crippen molar-refractivity contribution >= 4 is 27.4 Å². The van der Waals surface area contributed by atoms with Crippen molar-refractivity contribution in [3.05, 3.63) is 28.3 Å². The van der Waals surface area contributed by atoms with Gasteiger partial charge in [-0.05, 0) is 24.5 Å². The number of rotatable bonds is 10. The van der Waals surface area contributed by atoms with Crippen LogP contribution in [-0.2, 0) is 14.8 Å². The summed E-state index contributed by atoms with van der Waals surface area (Å²) in [7, 11) is -3.85. The first kappa shape index (κ1) is 21.8. The number of nitro benzene ring substituents is 1. The molecular formula is C16H25N3O6S.